The fourth-order valence-electron chi connectivity index (χ4n) is 6.63. The number of fused-ring (bicyclic) bond motifs is 5. The molecule has 3 saturated carbocycles. The van der Waals surface area contributed by atoms with Crippen LogP contribution in [0.1, 0.15) is 58.3 Å². The van der Waals surface area contributed by atoms with Crippen LogP contribution < -0.4 is 5.73 Å². The van der Waals surface area contributed by atoms with Crippen molar-refractivity contribution in [2.24, 2.45) is 28.9 Å². The number of hydrogen-bond donors (Lipinski definition) is 3. The van der Waals surface area contributed by atoms with Gasteiger partial charge in [0.15, 0.2) is 0 Å². The molecule has 0 spiro atoms. The average Bonchev–Trinajstić information content (AvgIpc) is 2.88. The zero-order valence-corrected chi connectivity index (χ0v) is 15.1. The summed E-state index contributed by atoms with van der Waals surface area (Å²) >= 11 is 0. The largest absolute Gasteiger partial charge is 0.390 e. The molecule has 4 rings (SSSR count). The summed E-state index contributed by atoms with van der Waals surface area (Å²) in [5.41, 5.74) is 5.99. The highest BCUT2D eigenvalue weighted by atomic mass is 16.5. The van der Waals surface area contributed by atoms with Gasteiger partial charge in [0, 0.05) is 0 Å². The van der Waals surface area contributed by atoms with E-state index in [4.69, 9.17) is 10.5 Å². The summed E-state index contributed by atoms with van der Waals surface area (Å²) in [6.07, 6.45) is 9.25. The van der Waals surface area contributed by atoms with Gasteiger partial charge in [-0.3, -0.25) is 4.79 Å². The van der Waals surface area contributed by atoms with Crippen molar-refractivity contribution in [3.05, 3.63) is 11.6 Å². The molecule has 0 aromatic rings. The predicted molar refractivity (Wildman–Crippen MR) is 93.5 cm³/mol. The summed E-state index contributed by atoms with van der Waals surface area (Å²) in [6.45, 7) is 2.37. The molecule has 4 N–H and O–H groups in total. The van der Waals surface area contributed by atoms with Crippen molar-refractivity contribution in [3.8, 4) is 0 Å². The minimum atomic E-state index is -0.847. The molecule has 0 aliphatic heterocycles. The predicted octanol–water partition coefficient (Wildman–Crippen LogP) is 1.91. The highest BCUT2D eigenvalue weighted by Gasteiger charge is 2.60. The van der Waals surface area contributed by atoms with Crippen molar-refractivity contribution >= 4 is 5.91 Å². The lowest BCUT2D eigenvalue weighted by Crippen LogP contribution is -2.55. The molecule has 0 aromatic carbocycles. The van der Waals surface area contributed by atoms with Crippen LogP contribution in [0.4, 0.5) is 0 Å². The Morgan fingerprint density at radius 2 is 2.04 bits per heavy atom. The zero-order valence-electron chi connectivity index (χ0n) is 15.1. The Morgan fingerprint density at radius 3 is 2.80 bits per heavy atom. The van der Waals surface area contributed by atoms with Crippen molar-refractivity contribution in [2.45, 2.75) is 76.1 Å². The molecule has 4 aliphatic carbocycles. The van der Waals surface area contributed by atoms with Gasteiger partial charge in [0.1, 0.15) is 6.61 Å². The highest BCUT2D eigenvalue weighted by Crippen LogP contribution is 2.62. The van der Waals surface area contributed by atoms with Crippen molar-refractivity contribution in [2.75, 3.05) is 6.61 Å². The van der Waals surface area contributed by atoms with Crippen LogP contribution in [0.25, 0.3) is 0 Å². The Bertz CT molecular complexity index is 590. The van der Waals surface area contributed by atoms with Crippen LogP contribution >= 0.6 is 0 Å². The van der Waals surface area contributed by atoms with E-state index in [2.05, 4.69) is 13.0 Å². The molecule has 25 heavy (non-hydrogen) atoms. The van der Waals surface area contributed by atoms with E-state index in [1.165, 1.54) is 5.57 Å². The van der Waals surface area contributed by atoms with Gasteiger partial charge < -0.3 is 20.7 Å². The lowest BCUT2D eigenvalue weighted by Gasteiger charge is -2.57. The molecule has 1 amide bonds. The third-order valence-electron chi connectivity index (χ3n) is 7.93. The van der Waals surface area contributed by atoms with E-state index in [9.17, 15) is 15.0 Å². The van der Waals surface area contributed by atoms with Crippen LogP contribution in [0.2, 0.25) is 0 Å². The summed E-state index contributed by atoms with van der Waals surface area (Å²) in [6, 6.07) is 0. The minimum absolute atomic E-state index is 0.000880. The number of allylic oxidation sites excluding steroid dienone is 1. The third-order valence-corrected chi connectivity index (χ3v) is 7.93. The number of aliphatic hydroxyl groups excluding tert-OH is 1. The molecule has 0 bridgehead atoms. The van der Waals surface area contributed by atoms with E-state index >= 15 is 0 Å². The number of nitrogens with two attached hydrogens (primary N) is 1. The number of ether oxygens (including phenoxy) is 1. The maximum atomic E-state index is 11.0. The van der Waals surface area contributed by atoms with E-state index < -0.39 is 17.6 Å². The van der Waals surface area contributed by atoms with E-state index in [0.29, 0.717) is 11.8 Å². The second-order valence-corrected chi connectivity index (χ2v) is 9.00. The molecule has 3 fully saturated rings. The fraction of sp³-hybridized carbons (Fsp3) is 0.850. The first-order valence-corrected chi connectivity index (χ1v) is 9.86. The van der Waals surface area contributed by atoms with Crippen LogP contribution in [0, 0.1) is 23.2 Å². The van der Waals surface area contributed by atoms with E-state index in [1.807, 2.05) is 0 Å². The monoisotopic (exact) mass is 349 g/mol. The summed E-state index contributed by atoms with van der Waals surface area (Å²) < 4.78 is 5.65. The van der Waals surface area contributed by atoms with Crippen molar-refractivity contribution in [1.29, 1.82) is 0 Å². The molecule has 0 aromatic heterocycles. The molecule has 0 radical (unpaired) electrons. The van der Waals surface area contributed by atoms with Crippen LogP contribution in [0.15, 0.2) is 11.6 Å². The first-order valence-electron chi connectivity index (χ1n) is 9.86. The summed E-state index contributed by atoms with van der Waals surface area (Å²) in [4.78, 5) is 11.0. The molecule has 5 nitrogen and oxygen atoms in total. The number of aliphatic hydroxyl groups is 2. The van der Waals surface area contributed by atoms with Crippen LogP contribution in [-0.2, 0) is 9.53 Å². The Balaban J connectivity index is 1.55. The summed E-state index contributed by atoms with van der Waals surface area (Å²) in [5.74, 6) is 0.937. The number of primary amides is 1. The van der Waals surface area contributed by atoms with E-state index in [-0.39, 0.29) is 24.0 Å². The molecule has 6 unspecified atom stereocenters. The van der Waals surface area contributed by atoms with Gasteiger partial charge in [0.25, 0.3) is 0 Å². The van der Waals surface area contributed by atoms with Crippen LogP contribution in [0.5, 0.6) is 0 Å². The second kappa shape index (κ2) is 6.07. The smallest absolute Gasteiger partial charge is 0.243 e. The van der Waals surface area contributed by atoms with Crippen LogP contribution in [-0.4, -0.2) is 40.5 Å². The fourth-order valence-corrected chi connectivity index (χ4v) is 6.63. The minimum Gasteiger partial charge on any atom is -0.390 e. The van der Waals surface area contributed by atoms with E-state index in [0.717, 1.165) is 51.4 Å². The highest BCUT2D eigenvalue weighted by molar-refractivity contribution is 5.75. The Labute approximate surface area is 149 Å². The lowest BCUT2D eigenvalue weighted by molar-refractivity contribution is -0.149. The van der Waals surface area contributed by atoms with E-state index in [1.54, 1.807) is 0 Å². The second-order valence-electron chi connectivity index (χ2n) is 9.00. The van der Waals surface area contributed by atoms with Crippen molar-refractivity contribution in [1.82, 2.24) is 0 Å². The number of rotatable bonds is 3. The molecule has 0 saturated heterocycles. The lowest BCUT2D eigenvalue weighted by atomic mass is 9.49. The van der Waals surface area contributed by atoms with Gasteiger partial charge in [0.05, 0.1) is 17.8 Å². The first-order chi connectivity index (χ1) is 11.8. The third kappa shape index (κ3) is 2.66. The topological polar surface area (TPSA) is 92.8 Å². The quantitative estimate of drug-likeness (QED) is 0.679. The molecule has 4 aliphatic rings. The zero-order chi connectivity index (χ0) is 17.8. The normalized spacial score (nSPS) is 48.9. The van der Waals surface area contributed by atoms with Crippen molar-refractivity contribution in [3.63, 3.8) is 0 Å². The number of carbonyl (C=O) groups is 1. The first kappa shape index (κ1) is 17.5. The maximum absolute atomic E-state index is 11.0. The number of amides is 1. The van der Waals surface area contributed by atoms with Gasteiger partial charge in [0.2, 0.25) is 5.91 Å². The van der Waals surface area contributed by atoms with Gasteiger partial charge in [-0.25, -0.2) is 0 Å². The van der Waals surface area contributed by atoms with Gasteiger partial charge >= 0.3 is 0 Å². The number of carbonyl (C=O) groups excluding carboxylic acids is 1. The molecule has 7 atom stereocenters. The Morgan fingerprint density at radius 1 is 1.24 bits per heavy atom. The summed E-state index contributed by atoms with van der Waals surface area (Å²) in [5, 5.41) is 21.3. The van der Waals surface area contributed by atoms with Crippen molar-refractivity contribution < 1.29 is 19.7 Å². The molecule has 0 heterocycles. The number of hydrogen-bond acceptors (Lipinski definition) is 4. The standard InChI is InChI=1S/C20H31NO4/c1-19-8-6-13(25-11-18(21)23)10-12(19)2-3-14-15(19)7-9-20(24)16(14)4-5-17(20)22/h10,13-17,22,24H,2-9,11H2,1H3,(H2,21,23)/t13-,14?,15?,16?,17?,19?,20?/m1/s1. The Hall–Kier alpha value is -0.910. The van der Waals surface area contributed by atoms with Gasteiger partial charge in [-0.2, -0.15) is 0 Å². The molecular weight excluding hydrogens is 318 g/mol. The average molecular weight is 349 g/mol. The molecular formula is C20H31NO4. The maximum Gasteiger partial charge on any atom is 0.243 e. The SMILES string of the molecule is CC12CC[C@@H](OCC(N)=O)C=C1CCC1C2CCC2(O)C(O)CCC12. The van der Waals surface area contributed by atoms with Crippen LogP contribution in [0.3, 0.4) is 0 Å². The Kier molecular flexibility index (Phi) is 4.25. The van der Waals surface area contributed by atoms with Gasteiger partial charge in [-0.15, -0.1) is 0 Å². The molecule has 140 valence electrons. The van der Waals surface area contributed by atoms with Gasteiger partial charge in [-0.05, 0) is 74.5 Å². The summed E-state index contributed by atoms with van der Waals surface area (Å²) in [7, 11) is 0. The van der Waals surface area contributed by atoms with Gasteiger partial charge in [-0.1, -0.05) is 18.6 Å². The molecule has 5 heteroatoms.